The third-order valence-corrected chi connectivity index (χ3v) is 5.06. The number of halogens is 1. The van der Waals surface area contributed by atoms with Crippen molar-refractivity contribution >= 4 is 34.6 Å². The monoisotopic (exact) mass is 392 g/mol. The Kier molecular flexibility index (Phi) is 5.44. The van der Waals surface area contributed by atoms with Crippen LogP contribution in [0.3, 0.4) is 0 Å². The van der Waals surface area contributed by atoms with Gasteiger partial charge in [0.15, 0.2) is 0 Å². The Morgan fingerprint density at radius 2 is 1.61 bits per heavy atom. The molecular weight excluding hydrogens is 372 g/mol. The topological polar surface area (TPSA) is 48.5 Å². The van der Waals surface area contributed by atoms with Crippen molar-refractivity contribution < 1.29 is 4.79 Å². The minimum absolute atomic E-state index is 0.0139. The number of benzene rings is 2. The molecule has 0 spiro atoms. The number of para-hydroxylation sites is 1. The van der Waals surface area contributed by atoms with Crippen LogP contribution in [0.5, 0.6) is 0 Å². The van der Waals surface area contributed by atoms with Crippen molar-refractivity contribution in [2.75, 3.05) is 36.4 Å². The van der Waals surface area contributed by atoms with Crippen LogP contribution >= 0.6 is 11.6 Å². The largest absolute Gasteiger partial charge is 0.368 e. The molecule has 0 aliphatic carbocycles. The lowest BCUT2D eigenvalue weighted by atomic mass is 10.2. The molecule has 142 valence electrons. The highest BCUT2D eigenvalue weighted by atomic mass is 35.5. The smallest absolute Gasteiger partial charge is 0.255 e. The normalized spacial score (nSPS) is 14.0. The minimum Gasteiger partial charge on any atom is -0.368 e. The van der Waals surface area contributed by atoms with Gasteiger partial charge in [0.1, 0.15) is 0 Å². The van der Waals surface area contributed by atoms with Crippen LogP contribution in [-0.4, -0.2) is 42.0 Å². The number of nitrogens with zero attached hydrogens (tertiary/aromatic N) is 3. The summed E-state index contributed by atoms with van der Waals surface area (Å²) in [5.41, 5.74) is 3.46. The van der Waals surface area contributed by atoms with Gasteiger partial charge >= 0.3 is 0 Å². The summed E-state index contributed by atoms with van der Waals surface area (Å²) < 4.78 is 0. The van der Waals surface area contributed by atoms with Crippen molar-refractivity contribution in [3.05, 3.63) is 83.6 Å². The summed E-state index contributed by atoms with van der Waals surface area (Å²) in [6.07, 6.45) is 3.33. The number of carbonyl (C=O) groups excluding carboxylic acids is 1. The Labute approximate surface area is 169 Å². The number of anilines is 3. The number of piperazine rings is 1. The third-order valence-electron chi connectivity index (χ3n) is 4.81. The van der Waals surface area contributed by atoms with E-state index in [4.69, 9.17) is 11.6 Å². The van der Waals surface area contributed by atoms with Gasteiger partial charge in [-0.1, -0.05) is 29.8 Å². The lowest BCUT2D eigenvalue weighted by Crippen LogP contribution is -2.48. The zero-order valence-corrected chi connectivity index (χ0v) is 16.1. The number of hydrogen-bond acceptors (Lipinski definition) is 4. The highest BCUT2D eigenvalue weighted by Crippen LogP contribution is 2.21. The highest BCUT2D eigenvalue weighted by molar-refractivity contribution is 6.30. The average Bonchev–Trinajstić information content (AvgIpc) is 2.76. The number of aromatic nitrogens is 1. The van der Waals surface area contributed by atoms with Crippen LogP contribution in [0.1, 0.15) is 10.4 Å². The summed E-state index contributed by atoms with van der Waals surface area (Å²) in [7, 11) is 0. The molecule has 1 N–H and O–H groups in total. The first-order valence-electron chi connectivity index (χ1n) is 9.26. The molecule has 3 aromatic rings. The number of hydrogen-bond donors (Lipinski definition) is 1. The lowest BCUT2D eigenvalue weighted by Gasteiger charge is -2.36. The van der Waals surface area contributed by atoms with Gasteiger partial charge in [0.25, 0.3) is 5.91 Å². The molecule has 1 aliphatic rings. The van der Waals surface area contributed by atoms with E-state index in [9.17, 15) is 4.79 Å². The molecule has 28 heavy (non-hydrogen) atoms. The number of rotatable bonds is 4. The van der Waals surface area contributed by atoms with E-state index in [1.165, 1.54) is 5.69 Å². The van der Waals surface area contributed by atoms with Crippen molar-refractivity contribution in [3.8, 4) is 0 Å². The molecule has 1 aliphatic heterocycles. The van der Waals surface area contributed by atoms with Crippen LogP contribution in [0.2, 0.25) is 5.02 Å². The zero-order valence-electron chi connectivity index (χ0n) is 15.4. The van der Waals surface area contributed by atoms with Gasteiger partial charge in [-0.3, -0.25) is 9.78 Å². The summed E-state index contributed by atoms with van der Waals surface area (Å²) in [5.74, 6) is 0.0139. The first-order valence-corrected chi connectivity index (χ1v) is 9.64. The molecule has 1 amide bonds. The maximum atomic E-state index is 12.9. The second-order valence-corrected chi connectivity index (χ2v) is 7.15. The second-order valence-electron chi connectivity index (χ2n) is 6.71. The van der Waals surface area contributed by atoms with Crippen molar-refractivity contribution in [2.24, 2.45) is 0 Å². The van der Waals surface area contributed by atoms with E-state index in [1.54, 1.807) is 12.4 Å². The van der Waals surface area contributed by atoms with Crippen molar-refractivity contribution in [2.45, 2.75) is 0 Å². The van der Waals surface area contributed by atoms with Crippen LogP contribution in [0, 0.1) is 0 Å². The van der Waals surface area contributed by atoms with Gasteiger partial charge < -0.3 is 15.1 Å². The predicted octanol–water partition coefficient (Wildman–Crippen LogP) is 4.44. The Hall–Kier alpha value is -3.05. The van der Waals surface area contributed by atoms with Crippen LogP contribution in [0.25, 0.3) is 0 Å². The van der Waals surface area contributed by atoms with Crippen LogP contribution in [0.4, 0.5) is 17.1 Å². The summed E-state index contributed by atoms with van der Waals surface area (Å²) >= 11 is 5.92. The fourth-order valence-corrected chi connectivity index (χ4v) is 3.44. The van der Waals surface area contributed by atoms with Gasteiger partial charge in [0.2, 0.25) is 0 Å². The third kappa shape index (κ3) is 4.26. The first kappa shape index (κ1) is 18.3. The molecule has 1 aromatic heterocycles. The summed E-state index contributed by atoms with van der Waals surface area (Å²) in [6.45, 7) is 3.04. The molecule has 4 rings (SSSR count). The van der Waals surface area contributed by atoms with Crippen LogP contribution in [-0.2, 0) is 0 Å². The summed E-state index contributed by atoms with van der Waals surface area (Å²) in [6, 6.07) is 19.6. The van der Waals surface area contributed by atoms with Crippen molar-refractivity contribution in [1.29, 1.82) is 0 Å². The van der Waals surface area contributed by atoms with Gasteiger partial charge in [-0.05, 0) is 42.5 Å². The summed E-state index contributed by atoms with van der Waals surface area (Å²) in [5, 5.41) is 3.94. The van der Waals surface area contributed by atoms with E-state index < -0.39 is 0 Å². The molecule has 2 aromatic carbocycles. The SMILES string of the molecule is O=C(c1cncc(Nc2ccc(Cl)cc2)c1)N1CCN(c2ccccc2)CC1. The number of amides is 1. The molecule has 2 heterocycles. The fourth-order valence-electron chi connectivity index (χ4n) is 3.31. The molecular formula is C22H21ClN4O. The fraction of sp³-hybridized carbons (Fsp3) is 0.182. The van der Waals surface area contributed by atoms with Gasteiger partial charge in [-0.2, -0.15) is 0 Å². The molecule has 0 bridgehead atoms. The molecule has 0 unspecified atom stereocenters. The molecule has 0 saturated carbocycles. The predicted molar refractivity (Wildman–Crippen MR) is 114 cm³/mol. The first-order chi connectivity index (χ1) is 13.7. The molecule has 6 heteroatoms. The molecule has 1 fully saturated rings. The van der Waals surface area contributed by atoms with E-state index >= 15 is 0 Å². The Bertz CT molecular complexity index is 938. The van der Waals surface area contributed by atoms with Crippen molar-refractivity contribution in [1.82, 2.24) is 9.88 Å². The van der Waals surface area contributed by atoms with E-state index in [0.717, 1.165) is 24.5 Å². The Morgan fingerprint density at radius 1 is 0.893 bits per heavy atom. The quantitative estimate of drug-likeness (QED) is 0.713. The van der Waals surface area contributed by atoms with Gasteiger partial charge in [-0.15, -0.1) is 0 Å². The van der Waals surface area contributed by atoms with Crippen molar-refractivity contribution in [3.63, 3.8) is 0 Å². The summed E-state index contributed by atoms with van der Waals surface area (Å²) in [4.78, 5) is 21.3. The van der Waals surface area contributed by atoms with E-state index in [2.05, 4.69) is 27.3 Å². The van der Waals surface area contributed by atoms with Gasteiger partial charge in [0.05, 0.1) is 17.4 Å². The Morgan fingerprint density at radius 3 is 2.32 bits per heavy atom. The number of pyridine rings is 1. The standard InChI is InChI=1S/C22H21ClN4O/c23-18-6-8-19(9-7-18)25-20-14-17(15-24-16-20)22(28)27-12-10-26(11-13-27)21-4-2-1-3-5-21/h1-9,14-16,25H,10-13H2. The van der Waals surface area contributed by atoms with E-state index in [0.29, 0.717) is 23.7 Å². The lowest BCUT2D eigenvalue weighted by molar-refractivity contribution is 0.0746. The average molecular weight is 393 g/mol. The molecule has 5 nitrogen and oxygen atoms in total. The maximum Gasteiger partial charge on any atom is 0.255 e. The minimum atomic E-state index is 0.0139. The second kappa shape index (κ2) is 8.31. The molecule has 1 saturated heterocycles. The maximum absolute atomic E-state index is 12.9. The number of carbonyl (C=O) groups is 1. The van der Waals surface area contributed by atoms with E-state index in [1.807, 2.05) is 53.4 Å². The van der Waals surface area contributed by atoms with Crippen LogP contribution < -0.4 is 10.2 Å². The molecule has 0 atom stereocenters. The Balaban J connectivity index is 1.40. The van der Waals surface area contributed by atoms with E-state index in [-0.39, 0.29) is 5.91 Å². The van der Waals surface area contributed by atoms with Crippen LogP contribution in [0.15, 0.2) is 73.1 Å². The number of nitrogens with one attached hydrogen (secondary N) is 1. The van der Waals surface area contributed by atoms with Gasteiger partial charge in [-0.25, -0.2) is 0 Å². The highest BCUT2D eigenvalue weighted by Gasteiger charge is 2.22. The molecule has 0 radical (unpaired) electrons. The zero-order chi connectivity index (χ0) is 19.3. The van der Waals surface area contributed by atoms with Gasteiger partial charge in [0, 0.05) is 48.8 Å².